The summed E-state index contributed by atoms with van der Waals surface area (Å²) in [5, 5.41) is 9.19. The molecule has 0 amide bonds. The molecule has 4 nitrogen and oxygen atoms in total. The molecule has 15 heavy (non-hydrogen) atoms. The number of hydrogen-bond acceptors (Lipinski definition) is 4. The molecule has 0 aromatic carbocycles. The first-order chi connectivity index (χ1) is 7.40. The van der Waals surface area contributed by atoms with Crippen molar-refractivity contribution in [3.63, 3.8) is 0 Å². The van der Waals surface area contributed by atoms with E-state index in [-0.39, 0.29) is 0 Å². The Labute approximate surface area is 92.8 Å². The van der Waals surface area contributed by atoms with Crippen LogP contribution in [0.2, 0.25) is 0 Å². The number of rotatable bonds is 5. The molecule has 4 heteroatoms. The lowest BCUT2D eigenvalue weighted by Crippen LogP contribution is -2.60. The van der Waals surface area contributed by atoms with Crippen LogP contribution in [0.15, 0.2) is 0 Å². The first kappa shape index (κ1) is 11.3. The standard InChI is InChI=1S/C11H24N4/c1-12-9-11-5-7-15(11)14-8-10-4-2-3-6-13-10/h10-14H,2-9H2,1H3. The van der Waals surface area contributed by atoms with Crippen LogP contribution >= 0.6 is 0 Å². The molecule has 3 N–H and O–H groups in total. The predicted octanol–water partition coefficient (Wildman–Crippen LogP) is -0.0732. The largest absolute Gasteiger partial charge is 0.318 e. The molecule has 0 aromatic heterocycles. The Hall–Kier alpha value is -0.160. The molecule has 0 aliphatic carbocycles. The van der Waals surface area contributed by atoms with Crippen LogP contribution in [0, 0.1) is 0 Å². The van der Waals surface area contributed by atoms with Crippen LogP contribution in [0.25, 0.3) is 0 Å². The molecule has 2 saturated heterocycles. The number of piperidine rings is 1. The minimum absolute atomic E-state index is 0.689. The van der Waals surface area contributed by atoms with E-state index in [0.717, 1.165) is 13.1 Å². The summed E-state index contributed by atoms with van der Waals surface area (Å²) in [6.45, 7) is 4.61. The van der Waals surface area contributed by atoms with Gasteiger partial charge in [-0.3, -0.25) is 5.43 Å². The fourth-order valence-corrected chi connectivity index (χ4v) is 2.42. The van der Waals surface area contributed by atoms with E-state index < -0.39 is 0 Å². The third-order valence-corrected chi connectivity index (χ3v) is 3.54. The zero-order valence-electron chi connectivity index (χ0n) is 9.76. The third-order valence-electron chi connectivity index (χ3n) is 3.54. The predicted molar refractivity (Wildman–Crippen MR) is 62.7 cm³/mol. The summed E-state index contributed by atoms with van der Waals surface area (Å²) < 4.78 is 0. The van der Waals surface area contributed by atoms with Crippen LogP contribution in [-0.2, 0) is 0 Å². The maximum atomic E-state index is 3.56. The van der Waals surface area contributed by atoms with Gasteiger partial charge in [0.2, 0.25) is 0 Å². The van der Waals surface area contributed by atoms with Crippen LogP contribution in [0.3, 0.4) is 0 Å². The molecule has 0 aromatic rings. The molecule has 2 unspecified atom stereocenters. The van der Waals surface area contributed by atoms with Crippen LogP contribution < -0.4 is 16.1 Å². The molecule has 0 saturated carbocycles. The van der Waals surface area contributed by atoms with Crippen LogP contribution in [0.4, 0.5) is 0 Å². The lowest BCUT2D eigenvalue weighted by molar-refractivity contribution is 0.0288. The lowest BCUT2D eigenvalue weighted by Gasteiger charge is -2.42. The molecule has 2 aliphatic rings. The van der Waals surface area contributed by atoms with Gasteiger partial charge in [-0.25, -0.2) is 5.01 Å². The summed E-state index contributed by atoms with van der Waals surface area (Å²) in [4.78, 5) is 0. The van der Waals surface area contributed by atoms with Gasteiger partial charge in [0, 0.05) is 31.7 Å². The minimum Gasteiger partial charge on any atom is -0.318 e. The van der Waals surface area contributed by atoms with Gasteiger partial charge in [0.15, 0.2) is 0 Å². The Balaban J connectivity index is 1.60. The van der Waals surface area contributed by atoms with Gasteiger partial charge in [0.05, 0.1) is 0 Å². The molecule has 2 fully saturated rings. The molecule has 2 rings (SSSR count). The molecular formula is C11H24N4. The van der Waals surface area contributed by atoms with E-state index in [0.29, 0.717) is 12.1 Å². The van der Waals surface area contributed by atoms with Crippen molar-refractivity contribution < 1.29 is 0 Å². The maximum absolute atomic E-state index is 3.56. The fraction of sp³-hybridized carbons (Fsp3) is 1.00. The van der Waals surface area contributed by atoms with Crippen LogP contribution in [0.1, 0.15) is 25.7 Å². The fourth-order valence-electron chi connectivity index (χ4n) is 2.42. The van der Waals surface area contributed by atoms with Gasteiger partial charge in [0.25, 0.3) is 0 Å². The quantitative estimate of drug-likeness (QED) is 0.596. The zero-order valence-corrected chi connectivity index (χ0v) is 9.76. The van der Waals surface area contributed by atoms with E-state index in [2.05, 4.69) is 21.1 Å². The maximum Gasteiger partial charge on any atom is 0.0380 e. The molecule has 2 atom stereocenters. The SMILES string of the molecule is CNCC1CCN1NCC1CCCCN1. The van der Waals surface area contributed by atoms with Gasteiger partial charge < -0.3 is 10.6 Å². The van der Waals surface area contributed by atoms with Crippen molar-refractivity contribution in [3.05, 3.63) is 0 Å². The van der Waals surface area contributed by atoms with E-state index in [1.54, 1.807) is 0 Å². The zero-order chi connectivity index (χ0) is 10.5. The monoisotopic (exact) mass is 212 g/mol. The molecule has 2 aliphatic heterocycles. The highest BCUT2D eigenvalue weighted by Crippen LogP contribution is 2.13. The summed E-state index contributed by atoms with van der Waals surface area (Å²) >= 11 is 0. The Kier molecular flexibility index (Phi) is 4.38. The molecule has 0 spiro atoms. The molecule has 0 bridgehead atoms. The lowest BCUT2D eigenvalue weighted by atomic mass is 10.0. The van der Waals surface area contributed by atoms with Crippen LogP contribution in [0.5, 0.6) is 0 Å². The summed E-state index contributed by atoms with van der Waals surface area (Å²) in [6, 6.07) is 1.40. The summed E-state index contributed by atoms with van der Waals surface area (Å²) in [7, 11) is 2.03. The molecule has 0 radical (unpaired) electrons. The van der Waals surface area contributed by atoms with Crippen molar-refractivity contribution in [1.29, 1.82) is 0 Å². The van der Waals surface area contributed by atoms with Gasteiger partial charge in [-0.05, 0) is 32.9 Å². The van der Waals surface area contributed by atoms with Gasteiger partial charge in [0.1, 0.15) is 0 Å². The average molecular weight is 212 g/mol. The Morgan fingerprint density at radius 1 is 1.27 bits per heavy atom. The number of likely N-dealkylation sites (N-methyl/N-ethyl adjacent to an activating group) is 1. The van der Waals surface area contributed by atoms with Gasteiger partial charge in [-0.2, -0.15) is 0 Å². The minimum atomic E-state index is 0.689. The normalized spacial score (nSPS) is 32.6. The highest BCUT2D eigenvalue weighted by molar-refractivity contribution is 4.83. The molecule has 88 valence electrons. The van der Waals surface area contributed by atoms with E-state index in [1.807, 2.05) is 7.05 Å². The van der Waals surface area contributed by atoms with Gasteiger partial charge in [-0.1, -0.05) is 6.42 Å². The van der Waals surface area contributed by atoms with Gasteiger partial charge >= 0.3 is 0 Å². The Morgan fingerprint density at radius 3 is 2.80 bits per heavy atom. The second kappa shape index (κ2) is 5.80. The molecular weight excluding hydrogens is 188 g/mol. The van der Waals surface area contributed by atoms with E-state index in [9.17, 15) is 0 Å². The third kappa shape index (κ3) is 3.14. The smallest absolute Gasteiger partial charge is 0.0380 e. The Morgan fingerprint density at radius 2 is 2.20 bits per heavy atom. The van der Waals surface area contributed by atoms with Crippen LogP contribution in [-0.4, -0.2) is 50.3 Å². The number of nitrogens with one attached hydrogen (secondary N) is 3. The summed E-state index contributed by atoms with van der Waals surface area (Å²) in [5.74, 6) is 0. The van der Waals surface area contributed by atoms with Crippen molar-refractivity contribution in [3.8, 4) is 0 Å². The highest BCUT2D eigenvalue weighted by Gasteiger charge is 2.27. The summed E-state index contributed by atoms with van der Waals surface area (Å²) in [5.41, 5.74) is 3.55. The van der Waals surface area contributed by atoms with Crippen molar-refractivity contribution in [2.75, 3.05) is 33.2 Å². The topological polar surface area (TPSA) is 39.3 Å². The van der Waals surface area contributed by atoms with E-state index in [4.69, 9.17) is 0 Å². The Bertz CT molecular complexity index is 179. The van der Waals surface area contributed by atoms with Crippen molar-refractivity contribution >= 4 is 0 Å². The number of nitrogens with zero attached hydrogens (tertiary/aromatic N) is 1. The molecule has 2 heterocycles. The first-order valence-electron chi connectivity index (χ1n) is 6.28. The number of hydrogen-bond donors (Lipinski definition) is 3. The number of hydrazine groups is 1. The van der Waals surface area contributed by atoms with E-state index >= 15 is 0 Å². The van der Waals surface area contributed by atoms with E-state index in [1.165, 1.54) is 38.8 Å². The van der Waals surface area contributed by atoms with Crippen molar-refractivity contribution in [2.45, 2.75) is 37.8 Å². The second-order valence-corrected chi connectivity index (χ2v) is 4.70. The van der Waals surface area contributed by atoms with Crippen molar-refractivity contribution in [1.82, 2.24) is 21.1 Å². The highest BCUT2D eigenvalue weighted by atomic mass is 15.6. The summed E-state index contributed by atoms with van der Waals surface area (Å²) in [6.07, 6.45) is 5.39. The van der Waals surface area contributed by atoms with Crippen molar-refractivity contribution in [2.24, 2.45) is 0 Å². The average Bonchev–Trinajstić information content (AvgIpc) is 2.26. The second-order valence-electron chi connectivity index (χ2n) is 4.70. The first-order valence-corrected chi connectivity index (χ1v) is 6.28. The van der Waals surface area contributed by atoms with Gasteiger partial charge in [-0.15, -0.1) is 0 Å².